The van der Waals surface area contributed by atoms with E-state index in [1.54, 1.807) is 6.92 Å². The maximum Gasteiger partial charge on any atom is 1.00 e. The largest absolute Gasteiger partial charge is 1.00 e. The summed E-state index contributed by atoms with van der Waals surface area (Å²) >= 11 is 0. The predicted molar refractivity (Wildman–Crippen MR) is 175 cm³/mol. The first-order chi connectivity index (χ1) is 19.5. The first-order valence-electron chi connectivity index (χ1n) is 12.2. The number of esters is 2. The van der Waals surface area contributed by atoms with Gasteiger partial charge in [0.15, 0.2) is 6.10 Å². The number of phosphoric ester groups is 1. The standard InChI is InChI=1S/C28H27O8P.C2H5NO.2Na.13H2/c1-3-5-7-9-11-12-13-14-15-16-17-19-20-22-27(29)34-24-26(25-35-37(31,32)33)36-28(30)23-21-18-10-8-6-4-2;1-2(3)4;;;;;;;;;;;;;;;/h26H,4,6,8,10,18,21,23-25H2,1-2H3,(H2,31,32,33);1H3,(H2,3,4);;;13*1H/q;;2*+1;;;;;;;;;;;;;/p-2/t26-;;;;;;;;;;;;;;;;/m1................/s1. The molecule has 1 atom stereocenters. The summed E-state index contributed by atoms with van der Waals surface area (Å²) in [5.74, 6) is 31.6. The van der Waals surface area contributed by atoms with Crippen molar-refractivity contribution >= 4 is 25.7 Å². The zero-order valence-corrected chi connectivity index (χ0v) is 30.0. The van der Waals surface area contributed by atoms with Crippen molar-refractivity contribution in [1.82, 2.24) is 0 Å². The van der Waals surface area contributed by atoms with Crippen LogP contribution in [0, 0.1) is 82.9 Å². The smallest absolute Gasteiger partial charge is 0.790 e. The molecular weight excluding hydrogens is 595 g/mol. The number of hydrogen-bond donors (Lipinski definition) is 1. The van der Waals surface area contributed by atoms with Crippen molar-refractivity contribution < 1.29 is 120 Å². The van der Waals surface area contributed by atoms with Gasteiger partial charge in [0.2, 0.25) is 5.91 Å². The molecule has 1 amide bonds. The third-order valence-electron chi connectivity index (χ3n) is 3.83. The summed E-state index contributed by atoms with van der Waals surface area (Å²) in [6, 6.07) is 0. The molecule has 0 aromatic heterocycles. The van der Waals surface area contributed by atoms with E-state index in [4.69, 9.17) is 9.47 Å². The van der Waals surface area contributed by atoms with Gasteiger partial charge in [0, 0.05) is 37.8 Å². The fourth-order valence-corrected chi connectivity index (χ4v) is 2.60. The van der Waals surface area contributed by atoms with Crippen molar-refractivity contribution in [2.24, 2.45) is 5.73 Å². The Morgan fingerprint density at radius 3 is 1.70 bits per heavy atom. The minimum atomic E-state index is -5.31. The van der Waals surface area contributed by atoms with Gasteiger partial charge in [-0.1, -0.05) is 44.9 Å². The van der Waals surface area contributed by atoms with E-state index in [9.17, 15) is 28.7 Å². The number of nitrogens with two attached hydrogens (primary N) is 1. The average Bonchev–Trinajstić information content (AvgIpc) is 2.89. The summed E-state index contributed by atoms with van der Waals surface area (Å²) in [5.41, 5.74) is 4.47. The van der Waals surface area contributed by atoms with Gasteiger partial charge >= 0.3 is 71.1 Å². The van der Waals surface area contributed by atoms with Gasteiger partial charge in [-0.3, -0.25) is 9.59 Å². The SMILES string of the molecule is CC#CC#CC#CC#CC#CC#CC#CC(=O)OC[C@H](COP(=O)([O-])[O-])OC(=O)CCCCCCCC.CC(N)=O.[HH].[HH].[HH].[HH].[HH].[HH].[HH].[HH].[HH].[HH].[HH].[HH].[HH].[Na+].[Na+]. The third kappa shape index (κ3) is 44.0. The van der Waals surface area contributed by atoms with Crippen LogP contribution in [0.25, 0.3) is 0 Å². The monoisotopic (exact) mass is 651 g/mol. The Bertz CT molecular complexity index is 1400. The Balaban J connectivity index is -0.0000000508. The summed E-state index contributed by atoms with van der Waals surface area (Å²) < 4.78 is 24.8. The average molecular weight is 652 g/mol. The minimum Gasteiger partial charge on any atom is -0.790 e. The quantitative estimate of drug-likeness (QED) is 0.0579. The summed E-state index contributed by atoms with van der Waals surface area (Å²) in [6.07, 6.45) is 4.53. The van der Waals surface area contributed by atoms with Crippen LogP contribution in [0.3, 0.4) is 0 Å². The van der Waals surface area contributed by atoms with Crippen molar-refractivity contribution in [3.8, 4) is 82.9 Å². The molecule has 10 nitrogen and oxygen atoms in total. The Labute approximate surface area is 318 Å². The zero-order valence-electron chi connectivity index (χ0n) is 25.1. The molecule has 0 aromatic rings. The zero-order chi connectivity index (χ0) is 31.2. The molecule has 0 unspecified atom stereocenters. The van der Waals surface area contributed by atoms with E-state index in [1.807, 2.05) is 0 Å². The first-order valence-corrected chi connectivity index (χ1v) is 13.7. The maximum atomic E-state index is 12.0. The normalized spacial score (nSPS) is 8.67. The van der Waals surface area contributed by atoms with E-state index >= 15 is 0 Å². The molecule has 0 aliphatic carbocycles. The van der Waals surface area contributed by atoms with Crippen molar-refractivity contribution in [2.75, 3.05) is 13.2 Å². The molecule has 0 aromatic carbocycles. The van der Waals surface area contributed by atoms with Crippen LogP contribution in [-0.4, -0.2) is 37.2 Å². The molecule has 0 aliphatic rings. The molecule has 13 heteroatoms. The molecule has 0 rings (SSSR count). The number of unbranched alkanes of at least 4 members (excludes halogenated alkanes) is 5. The number of carbonyl (C=O) groups excluding carboxylic acids is 3. The molecule has 0 aliphatic heterocycles. The fourth-order valence-electron chi connectivity index (χ4n) is 2.25. The van der Waals surface area contributed by atoms with Crippen LogP contribution in [0.5, 0.6) is 0 Å². The topological polar surface area (TPSA) is 168 Å². The number of hydrogen-bond acceptors (Lipinski definition) is 9. The fraction of sp³-hybridized carbons (Fsp3) is 0.433. The van der Waals surface area contributed by atoms with Crippen LogP contribution < -0.4 is 74.6 Å². The second kappa shape index (κ2) is 33.9. The van der Waals surface area contributed by atoms with E-state index in [2.05, 4.69) is 100 Å². The molecule has 242 valence electrons. The van der Waals surface area contributed by atoms with Gasteiger partial charge in [0.1, 0.15) is 6.61 Å². The van der Waals surface area contributed by atoms with Crippen molar-refractivity contribution in [2.45, 2.75) is 71.8 Å². The van der Waals surface area contributed by atoms with Gasteiger partial charge in [-0.2, -0.15) is 0 Å². The van der Waals surface area contributed by atoms with Crippen LogP contribution in [0.4, 0.5) is 0 Å². The summed E-state index contributed by atoms with van der Waals surface area (Å²) in [5, 5.41) is 0. The summed E-state index contributed by atoms with van der Waals surface area (Å²) in [6.45, 7) is 3.72. The third-order valence-corrected chi connectivity index (χ3v) is 4.29. The van der Waals surface area contributed by atoms with E-state index in [0.717, 1.165) is 32.1 Å². The van der Waals surface area contributed by atoms with Gasteiger partial charge in [0.25, 0.3) is 0 Å². The molecule has 0 saturated carbocycles. The molecule has 0 bridgehead atoms. The van der Waals surface area contributed by atoms with Crippen LogP contribution in [-0.2, 0) is 32.9 Å². The Morgan fingerprint density at radius 2 is 1.23 bits per heavy atom. The van der Waals surface area contributed by atoms with E-state index < -0.39 is 39.1 Å². The molecule has 0 saturated heterocycles. The van der Waals surface area contributed by atoms with Gasteiger partial charge in [-0.05, 0) is 84.4 Å². The van der Waals surface area contributed by atoms with E-state index in [1.165, 1.54) is 6.92 Å². The predicted octanol–water partition coefficient (Wildman–Crippen LogP) is -2.22. The van der Waals surface area contributed by atoms with E-state index in [0.29, 0.717) is 6.42 Å². The summed E-state index contributed by atoms with van der Waals surface area (Å²) in [4.78, 5) is 54.4. The number of primary amides is 1. The second-order valence-electron chi connectivity index (χ2n) is 7.46. The molecule has 0 heterocycles. The summed E-state index contributed by atoms with van der Waals surface area (Å²) in [7, 11) is -5.31. The molecular formula is C30H56NNa2O9P. The molecule has 43 heavy (non-hydrogen) atoms. The van der Waals surface area contributed by atoms with Crippen LogP contribution in [0.1, 0.15) is 84.3 Å². The van der Waals surface area contributed by atoms with Crippen molar-refractivity contribution in [3.05, 3.63) is 0 Å². The van der Waals surface area contributed by atoms with Crippen LogP contribution in [0.2, 0.25) is 0 Å². The molecule has 0 spiro atoms. The number of carbonyl (C=O) groups is 3. The Kier molecular flexibility index (Phi) is 37.4. The van der Waals surface area contributed by atoms with E-state index in [-0.39, 0.29) is 90.0 Å². The number of phosphoric acid groups is 1. The Hall–Kier alpha value is -2.56. The van der Waals surface area contributed by atoms with Crippen LogP contribution in [0.15, 0.2) is 0 Å². The second-order valence-corrected chi connectivity index (χ2v) is 8.61. The van der Waals surface area contributed by atoms with Gasteiger partial charge < -0.3 is 34.1 Å². The first kappa shape index (κ1) is 47.4. The molecule has 2 N–H and O–H groups in total. The number of amides is 1. The van der Waals surface area contributed by atoms with Gasteiger partial charge in [-0.25, -0.2) is 4.79 Å². The number of ether oxygens (including phenoxy) is 2. The molecule has 0 radical (unpaired) electrons. The molecule has 0 fully saturated rings. The maximum absolute atomic E-state index is 12.0. The van der Waals surface area contributed by atoms with Crippen molar-refractivity contribution in [1.29, 1.82) is 0 Å². The van der Waals surface area contributed by atoms with Crippen LogP contribution >= 0.6 is 7.82 Å². The number of rotatable bonds is 13. The van der Waals surface area contributed by atoms with Crippen molar-refractivity contribution in [3.63, 3.8) is 0 Å². The van der Waals surface area contributed by atoms with Gasteiger partial charge in [0.05, 0.1) is 14.4 Å². The van der Waals surface area contributed by atoms with Gasteiger partial charge in [-0.15, -0.1) is 0 Å². The Morgan fingerprint density at radius 1 is 0.791 bits per heavy atom. The minimum absolute atomic E-state index is 0.